The maximum atomic E-state index is 6.46. The normalized spacial score (nSPS) is 28.3. The quantitative estimate of drug-likeness (QED) is 0.307. The standard InChI is InChI=1S/C42H61NOSi/c1-27-28(2)39(45(11,12)43(41(6,7)8)30-16-14-13-15-17-30)36-25-35-33-23-22-32(24-37(33)42(9,10)38(35)26-34(27)36)44-31-20-18-29(19-21-31)40(3,4)5/h18-28,30,34,36,39H,13-17H2,1-12H3. The lowest BCUT2D eigenvalue weighted by atomic mass is 9.75. The van der Waals surface area contributed by atoms with Crippen molar-refractivity contribution in [2.45, 2.75) is 142 Å². The monoisotopic (exact) mass is 623 g/mol. The van der Waals surface area contributed by atoms with E-state index in [-0.39, 0.29) is 16.4 Å². The summed E-state index contributed by atoms with van der Waals surface area (Å²) in [5.41, 5.74) is 8.27. The summed E-state index contributed by atoms with van der Waals surface area (Å²) in [5.74, 6) is 4.50. The predicted octanol–water partition coefficient (Wildman–Crippen LogP) is 11.9. The number of allylic oxidation sites excluding steroid dienone is 4. The molecule has 0 bridgehead atoms. The first kappa shape index (κ1) is 32.8. The molecule has 2 aromatic rings. The Labute approximate surface area is 276 Å². The van der Waals surface area contributed by atoms with Crippen LogP contribution in [-0.4, -0.2) is 24.4 Å². The third-order valence-corrected chi connectivity index (χ3v) is 17.4. The molecule has 0 radical (unpaired) electrons. The molecule has 0 spiro atoms. The number of fused-ring (bicyclic) bond motifs is 4. The van der Waals surface area contributed by atoms with E-state index in [4.69, 9.17) is 4.74 Å². The van der Waals surface area contributed by atoms with Gasteiger partial charge in [-0.15, -0.1) is 0 Å². The first-order valence-electron chi connectivity index (χ1n) is 18.1. The molecule has 2 aromatic carbocycles. The minimum atomic E-state index is -1.84. The van der Waals surface area contributed by atoms with Gasteiger partial charge in [0.15, 0.2) is 0 Å². The van der Waals surface area contributed by atoms with Crippen LogP contribution in [0.1, 0.15) is 118 Å². The summed E-state index contributed by atoms with van der Waals surface area (Å²) in [5, 5.41) is 0. The van der Waals surface area contributed by atoms with Crippen LogP contribution in [0, 0.1) is 23.7 Å². The van der Waals surface area contributed by atoms with Gasteiger partial charge >= 0.3 is 0 Å². The van der Waals surface area contributed by atoms with Gasteiger partial charge in [-0.25, -0.2) is 0 Å². The average molecular weight is 624 g/mol. The first-order valence-corrected chi connectivity index (χ1v) is 21.1. The van der Waals surface area contributed by atoms with Crippen LogP contribution in [0.3, 0.4) is 0 Å². The molecule has 0 heterocycles. The molecule has 2 fully saturated rings. The third-order valence-electron chi connectivity index (χ3n) is 12.6. The van der Waals surface area contributed by atoms with Crippen molar-refractivity contribution in [2.24, 2.45) is 23.7 Å². The van der Waals surface area contributed by atoms with Gasteiger partial charge in [-0.2, -0.15) is 0 Å². The van der Waals surface area contributed by atoms with Crippen molar-refractivity contribution >= 4 is 13.8 Å². The first-order chi connectivity index (χ1) is 20.9. The number of rotatable bonds is 5. The van der Waals surface area contributed by atoms with Crippen molar-refractivity contribution < 1.29 is 4.74 Å². The molecule has 0 saturated heterocycles. The fraction of sp³-hybridized carbons (Fsp3) is 0.619. The number of hydrogen-bond acceptors (Lipinski definition) is 2. The highest BCUT2D eigenvalue weighted by Crippen LogP contribution is 2.63. The fourth-order valence-electron chi connectivity index (χ4n) is 10.6. The average Bonchev–Trinajstić information content (AvgIpc) is 3.33. The summed E-state index contributed by atoms with van der Waals surface area (Å²) in [6.45, 7) is 29.8. The Kier molecular flexibility index (Phi) is 8.21. The summed E-state index contributed by atoms with van der Waals surface area (Å²) < 4.78 is 9.58. The van der Waals surface area contributed by atoms with E-state index in [9.17, 15) is 0 Å². The highest BCUT2D eigenvalue weighted by Gasteiger charge is 2.58. The molecule has 4 aliphatic carbocycles. The predicted molar refractivity (Wildman–Crippen MR) is 196 cm³/mol. The van der Waals surface area contributed by atoms with Gasteiger partial charge in [0.05, 0.1) is 0 Å². The van der Waals surface area contributed by atoms with Crippen LogP contribution in [-0.2, 0) is 10.8 Å². The van der Waals surface area contributed by atoms with Crippen LogP contribution in [0.5, 0.6) is 11.5 Å². The van der Waals surface area contributed by atoms with Crippen LogP contribution < -0.4 is 4.74 Å². The smallest absolute Gasteiger partial charge is 0.127 e. The SMILES string of the molecule is CC1C(C)C([Si](C)(C)N(C2CCCCC2)C(C)(C)C)C2C=C3C(=CC12)C(C)(C)c1cc(Oc2ccc(C(C)(C)C)cc2)ccc13. The molecule has 2 nitrogen and oxygen atoms in total. The highest BCUT2D eigenvalue weighted by atomic mass is 28.3. The maximum Gasteiger partial charge on any atom is 0.127 e. The van der Waals surface area contributed by atoms with E-state index in [1.165, 1.54) is 54.4 Å². The lowest BCUT2D eigenvalue weighted by Gasteiger charge is -2.56. The zero-order chi connectivity index (χ0) is 32.7. The van der Waals surface area contributed by atoms with Gasteiger partial charge in [-0.3, -0.25) is 0 Å². The molecule has 5 unspecified atom stereocenters. The number of ether oxygens (including phenoxy) is 1. The molecular formula is C42H61NOSi. The molecule has 4 aliphatic rings. The number of nitrogens with zero attached hydrogens (tertiary/aromatic N) is 1. The van der Waals surface area contributed by atoms with Crippen molar-refractivity contribution in [2.75, 3.05) is 0 Å². The summed E-state index contributed by atoms with van der Waals surface area (Å²) in [6, 6.07) is 16.3. The molecule has 45 heavy (non-hydrogen) atoms. The van der Waals surface area contributed by atoms with Crippen LogP contribution in [0.2, 0.25) is 18.6 Å². The van der Waals surface area contributed by atoms with Crippen LogP contribution >= 0.6 is 0 Å². The molecule has 0 N–H and O–H groups in total. The Morgan fingerprint density at radius 3 is 2.00 bits per heavy atom. The second kappa shape index (κ2) is 11.3. The summed E-state index contributed by atoms with van der Waals surface area (Å²) in [4.78, 5) is 0. The molecule has 0 aliphatic heterocycles. The van der Waals surface area contributed by atoms with Crippen LogP contribution in [0.15, 0.2) is 60.2 Å². The zero-order valence-electron chi connectivity index (χ0n) is 30.6. The van der Waals surface area contributed by atoms with Crippen LogP contribution in [0.25, 0.3) is 5.57 Å². The molecule has 0 amide bonds. The van der Waals surface area contributed by atoms with Crippen molar-refractivity contribution in [3.8, 4) is 11.5 Å². The summed E-state index contributed by atoms with van der Waals surface area (Å²) >= 11 is 0. The van der Waals surface area contributed by atoms with E-state index >= 15 is 0 Å². The second-order valence-electron chi connectivity index (χ2n) is 18.3. The fourth-order valence-corrected chi connectivity index (χ4v) is 16.7. The molecule has 5 atom stereocenters. The van der Waals surface area contributed by atoms with E-state index in [1.54, 1.807) is 5.57 Å². The van der Waals surface area contributed by atoms with Gasteiger partial charge in [0.1, 0.15) is 19.7 Å². The van der Waals surface area contributed by atoms with Crippen molar-refractivity contribution in [3.63, 3.8) is 0 Å². The van der Waals surface area contributed by atoms with E-state index in [0.29, 0.717) is 17.8 Å². The van der Waals surface area contributed by atoms with E-state index < -0.39 is 8.24 Å². The van der Waals surface area contributed by atoms with Gasteiger partial charge in [0, 0.05) is 17.0 Å². The highest BCUT2D eigenvalue weighted by molar-refractivity contribution is 6.76. The van der Waals surface area contributed by atoms with Gasteiger partial charge in [-0.1, -0.05) is 111 Å². The maximum absolute atomic E-state index is 6.46. The zero-order valence-corrected chi connectivity index (χ0v) is 31.6. The van der Waals surface area contributed by atoms with Crippen molar-refractivity contribution in [1.29, 1.82) is 0 Å². The van der Waals surface area contributed by atoms with Gasteiger partial charge < -0.3 is 9.30 Å². The Hall–Kier alpha value is -2.10. The Morgan fingerprint density at radius 1 is 0.778 bits per heavy atom. The molecule has 244 valence electrons. The number of hydrogen-bond donors (Lipinski definition) is 0. The Balaban J connectivity index is 1.35. The molecule has 6 rings (SSSR count). The van der Waals surface area contributed by atoms with Crippen molar-refractivity contribution in [3.05, 3.63) is 76.9 Å². The van der Waals surface area contributed by atoms with E-state index in [1.807, 2.05) is 0 Å². The van der Waals surface area contributed by atoms with E-state index in [2.05, 4.69) is 142 Å². The lowest BCUT2D eigenvalue weighted by Crippen LogP contribution is -2.65. The second-order valence-corrected chi connectivity index (χ2v) is 22.7. The Morgan fingerprint density at radius 2 is 1.40 bits per heavy atom. The molecular weight excluding hydrogens is 563 g/mol. The van der Waals surface area contributed by atoms with Gasteiger partial charge in [0.2, 0.25) is 0 Å². The largest absolute Gasteiger partial charge is 0.457 e. The van der Waals surface area contributed by atoms with Crippen LogP contribution in [0.4, 0.5) is 0 Å². The molecule has 2 saturated carbocycles. The minimum Gasteiger partial charge on any atom is -0.457 e. The van der Waals surface area contributed by atoms with Gasteiger partial charge in [-0.05, 0) is 120 Å². The molecule has 0 aromatic heterocycles. The summed E-state index contributed by atoms with van der Waals surface area (Å²) in [6.07, 6.45) is 12.5. The third kappa shape index (κ3) is 5.62. The summed E-state index contributed by atoms with van der Waals surface area (Å²) in [7, 11) is -1.84. The molecule has 3 heteroatoms. The van der Waals surface area contributed by atoms with Crippen molar-refractivity contribution in [1.82, 2.24) is 4.57 Å². The topological polar surface area (TPSA) is 12.5 Å². The number of benzene rings is 2. The Bertz CT molecular complexity index is 1470. The van der Waals surface area contributed by atoms with E-state index in [0.717, 1.165) is 29.0 Å². The van der Waals surface area contributed by atoms with Gasteiger partial charge in [0.25, 0.3) is 0 Å². The minimum absolute atomic E-state index is 0.0326. The lowest BCUT2D eigenvalue weighted by molar-refractivity contribution is 0.138.